The van der Waals surface area contributed by atoms with Crippen molar-refractivity contribution in [3.05, 3.63) is 46.7 Å². The molecule has 2 aliphatic rings. The zero-order valence-corrected chi connectivity index (χ0v) is 22.0. The third-order valence-corrected chi connectivity index (χ3v) is 7.81. The third-order valence-electron chi connectivity index (χ3n) is 7.55. The number of piperazine rings is 1. The normalized spacial score (nSPS) is 22.3. The first kappa shape index (κ1) is 24.9. The van der Waals surface area contributed by atoms with E-state index in [1.54, 1.807) is 6.20 Å². The first-order chi connectivity index (χ1) is 17.4. The molecule has 0 bridgehead atoms. The number of likely N-dealkylation sites (tertiary alicyclic amines) is 1. The van der Waals surface area contributed by atoms with Crippen molar-refractivity contribution >= 4 is 23.4 Å². The highest BCUT2D eigenvalue weighted by atomic mass is 35.5. The van der Waals surface area contributed by atoms with Crippen molar-refractivity contribution in [2.75, 3.05) is 36.8 Å². The Bertz CT molecular complexity index is 1160. The molecule has 0 spiro atoms. The lowest BCUT2D eigenvalue weighted by Gasteiger charge is -2.50. The largest absolute Gasteiger partial charge is 0.402 e. The van der Waals surface area contributed by atoms with Gasteiger partial charge in [0.05, 0.1) is 11.9 Å². The second-order valence-electron chi connectivity index (χ2n) is 10.0. The van der Waals surface area contributed by atoms with Gasteiger partial charge in [-0.05, 0) is 63.9 Å². The summed E-state index contributed by atoms with van der Waals surface area (Å²) in [6, 6.07) is 9.73. The number of aromatic nitrogens is 4. The number of nitrogens with two attached hydrogens (primary N) is 1. The summed E-state index contributed by atoms with van der Waals surface area (Å²) in [5.74, 6) is 1.22. The Kier molecular flexibility index (Phi) is 7.41. The minimum absolute atomic E-state index is 0.0277. The first-order valence-corrected chi connectivity index (χ1v) is 13.2. The van der Waals surface area contributed by atoms with E-state index in [2.05, 4.69) is 50.9 Å². The Hall–Kier alpha value is -2.75. The number of hydrogen-bond acceptors (Lipinski definition) is 9. The summed E-state index contributed by atoms with van der Waals surface area (Å²) in [5, 5.41) is 8.45. The van der Waals surface area contributed by atoms with E-state index in [-0.39, 0.29) is 6.01 Å². The smallest absolute Gasteiger partial charge is 0.313 e. The summed E-state index contributed by atoms with van der Waals surface area (Å²) < 4.78 is 5.32. The fourth-order valence-corrected chi connectivity index (χ4v) is 5.75. The molecule has 0 saturated carbocycles. The van der Waals surface area contributed by atoms with Gasteiger partial charge in [-0.15, -0.1) is 5.10 Å². The van der Waals surface area contributed by atoms with Crippen LogP contribution in [0.15, 0.2) is 34.9 Å². The second-order valence-corrected chi connectivity index (χ2v) is 10.4. The van der Waals surface area contributed by atoms with E-state index in [0.29, 0.717) is 29.7 Å². The molecule has 2 atom stereocenters. The number of rotatable bonds is 6. The molecule has 0 unspecified atom stereocenters. The van der Waals surface area contributed by atoms with Gasteiger partial charge in [-0.1, -0.05) is 35.8 Å². The maximum Gasteiger partial charge on any atom is 0.313 e. The maximum absolute atomic E-state index is 6.05. The zero-order valence-electron chi connectivity index (χ0n) is 21.3. The Labute approximate surface area is 217 Å². The van der Waals surface area contributed by atoms with Crippen molar-refractivity contribution in [1.29, 1.82) is 0 Å². The Morgan fingerprint density at radius 3 is 2.50 bits per heavy atom. The summed E-state index contributed by atoms with van der Waals surface area (Å²) in [5.41, 5.74) is 8.29. The summed E-state index contributed by atoms with van der Waals surface area (Å²) in [7, 11) is 0. The van der Waals surface area contributed by atoms with Crippen molar-refractivity contribution < 1.29 is 4.42 Å². The van der Waals surface area contributed by atoms with Crippen LogP contribution in [0.3, 0.4) is 0 Å². The molecule has 192 valence electrons. The Morgan fingerprint density at radius 2 is 1.86 bits per heavy atom. The van der Waals surface area contributed by atoms with Gasteiger partial charge in [0.2, 0.25) is 0 Å². The van der Waals surface area contributed by atoms with Crippen LogP contribution in [0, 0.1) is 6.92 Å². The van der Waals surface area contributed by atoms with Crippen LogP contribution in [0.1, 0.15) is 44.4 Å². The van der Waals surface area contributed by atoms with Crippen LogP contribution >= 0.6 is 11.6 Å². The highest BCUT2D eigenvalue weighted by molar-refractivity contribution is 6.30. The molecule has 2 aromatic heterocycles. The number of aryl methyl sites for hydroxylation is 1. The third kappa shape index (κ3) is 5.33. The van der Waals surface area contributed by atoms with Gasteiger partial charge >= 0.3 is 6.01 Å². The van der Waals surface area contributed by atoms with Crippen LogP contribution in [0.25, 0.3) is 11.6 Å². The van der Waals surface area contributed by atoms with Gasteiger partial charge in [-0.2, -0.15) is 0 Å². The summed E-state index contributed by atoms with van der Waals surface area (Å²) in [4.78, 5) is 17.2. The molecule has 0 amide bonds. The zero-order chi connectivity index (χ0) is 25.2. The number of anilines is 2. The average Bonchev–Trinajstić information content (AvgIpc) is 3.32. The van der Waals surface area contributed by atoms with E-state index >= 15 is 0 Å². The first-order valence-electron chi connectivity index (χ1n) is 12.8. The van der Waals surface area contributed by atoms with Crippen LogP contribution < -0.4 is 10.6 Å². The van der Waals surface area contributed by atoms with E-state index in [9.17, 15) is 0 Å². The average molecular weight is 511 g/mol. The minimum atomic E-state index is 0.0277. The molecule has 4 heterocycles. The van der Waals surface area contributed by atoms with Gasteiger partial charge in [0.1, 0.15) is 11.5 Å². The number of nitrogens with zero attached hydrogens (tertiary/aromatic N) is 7. The fraction of sp³-hybridized carbons (Fsp3) is 0.538. The molecule has 2 aliphatic heterocycles. The van der Waals surface area contributed by atoms with Crippen LogP contribution in [-0.4, -0.2) is 74.3 Å². The van der Waals surface area contributed by atoms with Gasteiger partial charge in [0, 0.05) is 42.8 Å². The lowest BCUT2D eigenvalue weighted by Crippen LogP contribution is -2.61. The standard InChI is InChI=1S/C26H35ClN8O/c1-4-21-16-34(24-18(3)30-23(13-29-24)25-31-32-26(28)36-25)17(2)14-35(21)22-9-11-33(12-10-22)15-19-5-7-20(27)8-6-19/h5-8,13,17,21-22H,4,9-12,14-16H2,1-3H3,(H2,28,32)/t17-,21+/m1/s1. The fourth-order valence-electron chi connectivity index (χ4n) is 5.63. The number of hydrogen-bond donors (Lipinski definition) is 1. The van der Waals surface area contributed by atoms with Crippen molar-refractivity contribution in [3.63, 3.8) is 0 Å². The molecule has 5 rings (SSSR count). The van der Waals surface area contributed by atoms with Crippen molar-refractivity contribution in [3.8, 4) is 11.6 Å². The molecule has 10 heteroatoms. The number of piperidine rings is 1. The molecule has 0 radical (unpaired) electrons. The molecule has 2 N–H and O–H groups in total. The highest BCUT2D eigenvalue weighted by Gasteiger charge is 2.37. The SMILES string of the molecule is CC[C@H]1CN(c2ncc(-c3nnc(N)o3)nc2C)[C@H](C)CN1C1CCN(Cc2ccc(Cl)cc2)CC1. The lowest BCUT2D eigenvalue weighted by atomic mass is 9.96. The number of halogens is 1. The van der Waals surface area contributed by atoms with E-state index < -0.39 is 0 Å². The van der Waals surface area contributed by atoms with Crippen LogP contribution in [-0.2, 0) is 6.54 Å². The molecular formula is C26H35ClN8O. The predicted molar refractivity (Wildman–Crippen MR) is 142 cm³/mol. The predicted octanol–water partition coefficient (Wildman–Crippen LogP) is 4.02. The van der Waals surface area contributed by atoms with Crippen LogP contribution in [0.2, 0.25) is 5.02 Å². The molecule has 2 fully saturated rings. The van der Waals surface area contributed by atoms with Gasteiger partial charge in [-0.25, -0.2) is 9.97 Å². The van der Waals surface area contributed by atoms with E-state index in [0.717, 1.165) is 55.7 Å². The summed E-state index contributed by atoms with van der Waals surface area (Å²) in [6.45, 7) is 11.8. The maximum atomic E-state index is 6.05. The Balaban J connectivity index is 1.22. The van der Waals surface area contributed by atoms with Crippen molar-refractivity contribution in [2.45, 2.75) is 64.7 Å². The molecule has 1 aromatic carbocycles. The van der Waals surface area contributed by atoms with E-state index in [1.165, 1.54) is 18.4 Å². The topological polar surface area (TPSA) is 100 Å². The second kappa shape index (κ2) is 10.7. The monoisotopic (exact) mass is 510 g/mol. The van der Waals surface area contributed by atoms with Gasteiger partial charge in [0.25, 0.3) is 5.89 Å². The highest BCUT2D eigenvalue weighted by Crippen LogP contribution is 2.30. The molecule has 2 saturated heterocycles. The van der Waals surface area contributed by atoms with E-state index in [4.69, 9.17) is 31.7 Å². The molecule has 3 aromatic rings. The van der Waals surface area contributed by atoms with E-state index in [1.807, 2.05) is 19.1 Å². The molecule has 9 nitrogen and oxygen atoms in total. The van der Waals surface area contributed by atoms with Gasteiger partial charge in [-0.3, -0.25) is 9.80 Å². The van der Waals surface area contributed by atoms with Gasteiger partial charge < -0.3 is 15.1 Å². The number of nitrogen functional groups attached to an aromatic ring is 1. The van der Waals surface area contributed by atoms with Gasteiger partial charge in [0.15, 0.2) is 0 Å². The summed E-state index contributed by atoms with van der Waals surface area (Å²) in [6.07, 6.45) is 5.22. The molecule has 0 aliphatic carbocycles. The van der Waals surface area contributed by atoms with Crippen LogP contribution in [0.4, 0.5) is 11.8 Å². The molecule has 36 heavy (non-hydrogen) atoms. The van der Waals surface area contributed by atoms with Crippen LogP contribution in [0.5, 0.6) is 0 Å². The van der Waals surface area contributed by atoms with Crippen molar-refractivity contribution in [1.82, 2.24) is 30.0 Å². The van der Waals surface area contributed by atoms with Crippen molar-refractivity contribution in [2.24, 2.45) is 0 Å². The Morgan fingerprint density at radius 1 is 1.11 bits per heavy atom. The summed E-state index contributed by atoms with van der Waals surface area (Å²) >= 11 is 6.05. The quantitative estimate of drug-likeness (QED) is 0.526. The lowest BCUT2D eigenvalue weighted by molar-refractivity contribution is 0.0505. The number of benzene rings is 1. The minimum Gasteiger partial charge on any atom is -0.402 e. The molecular weight excluding hydrogens is 476 g/mol.